The van der Waals surface area contributed by atoms with Crippen molar-refractivity contribution in [2.75, 3.05) is 6.54 Å². The fourth-order valence-electron chi connectivity index (χ4n) is 2.70. The number of furan rings is 1. The van der Waals surface area contributed by atoms with Crippen LogP contribution >= 0.6 is 27.5 Å². The third kappa shape index (κ3) is 4.62. The molecule has 7 nitrogen and oxygen atoms in total. The Morgan fingerprint density at radius 1 is 1.26 bits per heavy atom. The van der Waals surface area contributed by atoms with Gasteiger partial charge in [0.05, 0.1) is 33.1 Å². The van der Waals surface area contributed by atoms with Crippen LogP contribution in [0.2, 0.25) is 5.02 Å². The van der Waals surface area contributed by atoms with E-state index >= 15 is 0 Å². The largest absolute Gasteiger partial charge is 0.454 e. The molecule has 0 spiro atoms. The molecule has 1 amide bonds. The van der Waals surface area contributed by atoms with Crippen molar-refractivity contribution in [1.82, 2.24) is 24.9 Å². The van der Waals surface area contributed by atoms with E-state index in [1.165, 1.54) is 0 Å². The highest BCUT2D eigenvalue weighted by molar-refractivity contribution is 9.10. The molecular weight excluding hydrogens is 434 g/mol. The molecule has 0 aliphatic carbocycles. The van der Waals surface area contributed by atoms with Gasteiger partial charge in [0.2, 0.25) is 0 Å². The van der Waals surface area contributed by atoms with E-state index in [4.69, 9.17) is 16.0 Å². The monoisotopic (exact) mass is 453 g/mol. The molecule has 0 fully saturated rings. The van der Waals surface area contributed by atoms with Gasteiger partial charge in [0.1, 0.15) is 5.76 Å². The van der Waals surface area contributed by atoms with Gasteiger partial charge in [-0.25, -0.2) is 0 Å². The number of amides is 1. The number of hydrogen-bond donors (Lipinski definition) is 1. The second-order valence-corrected chi connectivity index (χ2v) is 7.54. The van der Waals surface area contributed by atoms with Crippen molar-refractivity contribution in [2.24, 2.45) is 0 Å². The van der Waals surface area contributed by atoms with Crippen LogP contribution < -0.4 is 5.32 Å². The predicted molar refractivity (Wildman–Crippen MR) is 106 cm³/mol. The normalized spacial score (nSPS) is 11.1. The first-order chi connectivity index (χ1) is 12.8. The maximum atomic E-state index is 12.2. The van der Waals surface area contributed by atoms with Crippen LogP contribution in [0, 0.1) is 20.8 Å². The Balaban J connectivity index is 1.50. The fraction of sp³-hybridized carbons (Fsp3) is 0.389. The van der Waals surface area contributed by atoms with Gasteiger partial charge in [-0.2, -0.15) is 10.2 Å². The molecule has 0 aromatic carbocycles. The summed E-state index contributed by atoms with van der Waals surface area (Å²) >= 11 is 9.49. The van der Waals surface area contributed by atoms with Crippen LogP contribution in [0.1, 0.15) is 39.8 Å². The minimum atomic E-state index is -0.231. The van der Waals surface area contributed by atoms with Crippen molar-refractivity contribution in [3.05, 3.63) is 56.4 Å². The molecule has 3 aromatic rings. The van der Waals surface area contributed by atoms with Crippen molar-refractivity contribution in [2.45, 2.75) is 40.3 Å². The number of halogens is 2. The van der Waals surface area contributed by atoms with E-state index in [2.05, 4.69) is 31.4 Å². The molecule has 3 rings (SSSR count). The second kappa shape index (κ2) is 8.31. The van der Waals surface area contributed by atoms with Crippen LogP contribution in [0.3, 0.4) is 0 Å². The lowest BCUT2D eigenvalue weighted by molar-refractivity contribution is 0.0923. The molecular formula is C18H21BrClN5O2. The molecule has 0 aliphatic heterocycles. The average molecular weight is 455 g/mol. The van der Waals surface area contributed by atoms with Crippen LogP contribution in [0.25, 0.3) is 0 Å². The first-order valence-corrected chi connectivity index (χ1v) is 9.78. The number of nitrogens with one attached hydrogen (secondary N) is 1. The van der Waals surface area contributed by atoms with Crippen molar-refractivity contribution in [3.8, 4) is 0 Å². The maximum Gasteiger partial charge on any atom is 0.286 e. The van der Waals surface area contributed by atoms with Gasteiger partial charge in [-0.1, -0.05) is 11.6 Å². The summed E-state index contributed by atoms with van der Waals surface area (Å²) in [7, 11) is 0. The molecule has 0 radical (unpaired) electrons. The number of aryl methyl sites for hydroxylation is 3. The minimum absolute atomic E-state index is 0.231. The zero-order valence-electron chi connectivity index (χ0n) is 15.4. The SMILES string of the molecule is Cc1nn(CCCNC(=O)c2ccc(Cn3nc(C)c(Br)c3C)o2)cc1Cl. The highest BCUT2D eigenvalue weighted by Gasteiger charge is 2.14. The summed E-state index contributed by atoms with van der Waals surface area (Å²) in [5.41, 5.74) is 2.74. The lowest BCUT2D eigenvalue weighted by atomic mass is 10.3. The van der Waals surface area contributed by atoms with Crippen molar-refractivity contribution in [1.29, 1.82) is 0 Å². The lowest BCUT2D eigenvalue weighted by Crippen LogP contribution is -2.24. The number of carbonyl (C=O) groups is 1. The summed E-state index contributed by atoms with van der Waals surface area (Å²) in [5.74, 6) is 0.744. The van der Waals surface area contributed by atoms with Gasteiger partial charge in [-0.3, -0.25) is 14.2 Å². The third-order valence-corrected chi connectivity index (χ3v) is 5.74. The molecule has 9 heteroatoms. The standard InChI is InChI=1S/C18H21BrClN5O2/c1-11-15(20)10-24(22-11)8-4-7-21-18(26)16-6-5-14(27-16)9-25-13(3)17(19)12(2)23-25/h5-6,10H,4,7-9H2,1-3H3,(H,21,26). The molecule has 144 valence electrons. The number of rotatable bonds is 7. The van der Waals surface area contributed by atoms with Gasteiger partial charge < -0.3 is 9.73 Å². The summed E-state index contributed by atoms with van der Waals surface area (Å²) in [6.45, 7) is 7.46. The van der Waals surface area contributed by atoms with E-state index in [1.54, 1.807) is 23.0 Å². The number of aromatic nitrogens is 4. The maximum absolute atomic E-state index is 12.2. The number of carbonyl (C=O) groups excluding carboxylic acids is 1. The highest BCUT2D eigenvalue weighted by Crippen LogP contribution is 2.21. The third-order valence-electron chi connectivity index (χ3n) is 4.22. The van der Waals surface area contributed by atoms with Gasteiger partial charge in [-0.15, -0.1) is 0 Å². The van der Waals surface area contributed by atoms with Crippen molar-refractivity contribution in [3.63, 3.8) is 0 Å². The van der Waals surface area contributed by atoms with E-state index < -0.39 is 0 Å². The Morgan fingerprint density at radius 2 is 2.04 bits per heavy atom. The number of nitrogens with zero attached hydrogens (tertiary/aromatic N) is 4. The zero-order chi connectivity index (χ0) is 19.6. The smallest absolute Gasteiger partial charge is 0.286 e. The summed E-state index contributed by atoms with van der Waals surface area (Å²) < 4.78 is 10.3. The van der Waals surface area contributed by atoms with E-state index in [0.29, 0.717) is 36.2 Å². The zero-order valence-corrected chi connectivity index (χ0v) is 17.8. The fourth-order valence-corrected chi connectivity index (χ4v) is 3.13. The van der Waals surface area contributed by atoms with E-state index in [9.17, 15) is 4.79 Å². The van der Waals surface area contributed by atoms with Gasteiger partial charge in [0.15, 0.2) is 5.76 Å². The van der Waals surface area contributed by atoms with Crippen LogP contribution in [-0.4, -0.2) is 32.0 Å². The van der Waals surface area contributed by atoms with E-state index in [-0.39, 0.29) is 5.91 Å². The van der Waals surface area contributed by atoms with Crippen LogP contribution in [0.4, 0.5) is 0 Å². The van der Waals surface area contributed by atoms with Gasteiger partial charge in [0, 0.05) is 19.3 Å². The van der Waals surface area contributed by atoms with Crippen LogP contribution in [-0.2, 0) is 13.1 Å². The molecule has 0 saturated carbocycles. The van der Waals surface area contributed by atoms with Crippen molar-refractivity contribution >= 4 is 33.4 Å². The molecule has 27 heavy (non-hydrogen) atoms. The van der Waals surface area contributed by atoms with Crippen LogP contribution in [0.15, 0.2) is 27.2 Å². The molecule has 1 N–H and O–H groups in total. The first kappa shape index (κ1) is 19.7. The van der Waals surface area contributed by atoms with E-state index in [0.717, 1.165) is 28.0 Å². The second-order valence-electron chi connectivity index (χ2n) is 6.34. The summed E-state index contributed by atoms with van der Waals surface area (Å²) in [6.07, 6.45) is 2.53. The molecule has 0 aliphatic rings. The Bertz CT molecular complexity index is 940. The van der Waals surface area contributed by atoms with E-state index in [1.807, 2.05) is 25.5 Å². The molecule has 0 atom stereocenters. The Kier molecular flexibility index (Phi) is 6.06. The lowest BCUT2D eigenvalue weighted by Gasteiger charge is -2.04. The first-order valence-electron chi connectivity index (χ1n) is 8.61. The van der Waals surface area contributed by atoms with Crippen molar-refractivity contribution < 1.29 is 9.21 Å². The average Bonchev–Trinajstić information content (AvgIpc) is 3.29. The highest BCUT2D eigenvalue weighted by atomic mass is 79.9. The number of hydrogen-bond acceptors (Lipinski definition) is 4. The Morgan fingerprint density at radius 3 is 2.67 bits per heavy atom. The van der Waals surface area contributed by atoms with Crippen LogP contribution in [0.5, 0.6) is 0 Å². The quantitative estimate of drug-likeness (QED) is 0.550. The predicted octanol–water partition coefficient (Wildman–Crippen LogP) is 3.88. The molecule has 0 saturated heterocycles. The Hall–Kier alpha value is -2.06. The summed E-state index contributed by atoms with van der Waals surface area (Å²) in [4.78, 5) is 12.2. The molecule has 3 aromatic heterocycles. The van der Waals surface area contributed by atoms with Gasteiger partial charge in [0.25, 0.3) is 5.91 Å². The molecule has 3 heterocycles. The molecule has 0 bridgehead atoms. The summed E-state index contributed by atoms with van der Waals surface area (Å²) in [6, 6.07) is 3.48. The van der Waals surface area contributed by atoms with Gasteiger partial charge in [-0.05, 0) is 55.3 Å². The Labute approximate surface area is 170 Å². The summed E-state index contributed by atoms with van der Waals surface area (Å²) in [5, 5.41) is 12.2. The van der Waals surface area contributed by atoms with Gasteiger partial charge >= 0.3 is 0 Å². The molecule has 0 unspecified atom stereocenters. The minimum Gasteiger partial charge on any atom is -0.454 e. The topological polar surface area (TPSA) is 77.9 Å².